The summed E-state index contributed by atoms with van der Waals surface area (Å²) in [7, 11) is 0. The fraction of sp³-hybridized carbons (Fsp3) is 0.455. The third-order valence-electron chi connectivity index (χ3n) is 5.90. The lowest BCUT2D eigenvalue weighted by Gasteiger charge is -2.38. The van der Waals surface area contributed by atoms with E-state index in [1.807, 2.05) is 31.3 Å². The van der Waals surface area contributed by atoms with Gasteiger partial charge in [0.2, 0.25) is 5.91 Å². The van der Waals surface area contributed by atoms with E-state index in [2.05, 4.69) is 44.4 Å². The second kappa shape index (κ2) is 8.09. The quantitative estimate of drug-likeness (QED) is 0.906. The number of aryl methyl sites for hydroxylation is 1. The van der Waals surface area contributed by atoms with Gasteiger partial charge in [-0.25, -0.2) is 4.98 Å². The van der Waals surface area contributed by atoms with E-state index in [4.69, 9.17) is 0 Å². The van der Waals surface area contributed by atoms with E-state index in [1.165, 1.54) is 11.1 Å². The average molecular weight is 364 g/mol. The second-order valence-corrected chi connectivity index (χ2v) is 7.54. The van der Waals surface area contributed by atoms with Crippen LogP contribution in [-0.2, 0) is 11.2 Å². The van der Waals surface area contributed by atoms with Crippen molar-refractivity contribution >= 4 is 11.7 Å². The first-order chi connectivity index (χ1) is 13.2. The lowest BCUT2D eigenvalue weighted by Crippen LogP contribution is -2.54. The molecule has 1 aromatic heterocycles. The van der Waals surface area contributed by atoms with Gasteiger partial charge >= 0.3 is 0 Å². The van der Waals surface area contributed by atoms with Crippen LogP contribution in [0.2, 0.25) is 0 Å². The molecule has 0 radical (unpaired) electrons. The number of nitrogens with one attached hydrogen (secondary N) is 1. The van der Waals surface area contributed by atoms with Gasteiger partial charge in [0.1, 0.15) is 5.82 Å². The summed E-state index contributed by atoms with van der Waals surface area (Å²) < 4.78 is 0. The summed E-state index contributed by atoms with van der Waals surface area (Å²) in [6.07, 6.45) is 5.12. The Kier molecular flexibility index (Phi) is 5.39. The molecule has 0 bridgehead atoms. The van der Waals surface area contributed by atoms with Crippen LogP contribution in [0.25, 0.3) is 0 Å². The summed E-state index contributed by atoms with van der Waals surface area (Å²) >= 11 is 0. The van der Waals surface area contributed by atoms with Gasteiger partial charge in [-0.3, -0.25) is 9.69 Å². The number of pyridine rings is 1. The SMILES string of the molecule is C[C@H](C(=O)N[C@H]1CCCc2ccccc21)N1CCN(c2ccccn2)CC1. The Balaban J connectivity index is 1.34. The Morgan fingerprint density at radius 1 is 1.11 bits per heavy atom. The molecule has 27 heavy (non-hydrogen) atoms. The third kappa shape index (κ3) is 3.98. The van der Waals surface area contributed by atoms with Crippen molar-refractivity contribution < 1.29 is 4.79 Å². The highest BCUT2D eigenvalue weighted by Crippen LogP contribution is 2.29. The smallest absolute Gasteiger partial charge is 0.237 e. The molecule has 1 amide bonds. The number of hydrogen-bond donors (Lipinski definition) is 1. The number of carbonyl (C=O) groups is 1. The Labute approximate surface area is 161 Å². The van der Waals surface area contributed by atoms with Gasteiger partial charge in [0.25, 0.3) is 0 Å². The monoisotopic (exact) mass is 364 g/mol. The zero-order valence-corrected chi connectivity index (χ0v) is 16.0. The molecule has 1 aromatic carbocycles. The van der Waals surface area contributed by atoms with Crippen LogP contribution in [0.1, 0.15) is 36.9 Å². The minimum Gasteiger partial charge on any atom is -0.354 e. The predicted octanol–water partition coefficient (Wildman–Crippen LogP) is 2.79. The molecule has 142 valence electrons. The number of piperazine rings is 1. The molecule has 1 aliphatic heterocycles. The normalized spacial score (nSPS) is 21.4. The Morgan fingerprint density at radius 2 is 1.89 bits per heavy atom. The fourth-order valence-electron chi connectivity index (χ4n) is 4.24. The van der Waals surface area contributed by atoms with E-state index in [9.17, 15) is 4.79 Å². The molecule has 1 saturated heterocycles. The van der Waals surface area contributed by atoms with Gasteiger partial charge in [0, 0.05) is 32.4 Å². The molecule has 4 rings (SSSR count). The summed E-state index contributed by atoms with van der Waals surface area (Å²) in [6.45, 7) is 5.60. The number of fused-ring (bicyclic) bond motifs is 1. The van der Waals surface area contributed by atoms with Crippen molar-refractivity contribution in [1.29, 1.82) is 0 Å². The van der Waals surface area contributed by atoms with Crippen LogP contribution in [0.3, 0.4) is 0 Å². The second-order valence-electron chi connectivity index (χ2n) is 7.54. The van der Waals surface area contributed by atoms with E-state index >= 15 is 0 Å². The number of aromatic nitrogens is 1. The maximum Gasteiger partial charge on any atom is 0.237 e. The molecule has 2 heterocycles. The maximum absolute atomic E-state index is 12.9. The number of amides is 1. The molecule has 1 N–H and O–H groups in total. The lowest BCUT2D eigenvalue weighted by molar-refractivity contribution is -0.126. The van der Waals surface area contributed by atoms with Crippen LogP contribution in [0.5, 0.6) is 0 Å². The summed E-state index contributed by atoms with van der Waals surface area (Å²) in [6, 6.07) is 14.6. The van der Waals surface area contributed by atoms with Crippen LogP contribution < -0.4 is 10.2 Å². The van der Waals surface area contributed by atoms with Gasteiger partial charge in [-0.1, -0.05) is 30.3 Å². The first kappa shape index (κ1) is 18.0. The van der Waals surface area contributed by atoms with E-state index in [0.29, 0.717) is 0 Å². The molecule has 5 heteroatoms. The number of nitrogens with zero attached hydrogens (tertiary/aromatic N) is 3. The molecule has 0 unspecified atom stereocenters. The first-order valence-corrected chi connectivity index (χ1v) is 10.0. The molecule has 1 fully saturated rings. The number of anilines is 1. The largest absolute Gasteiger partial charge is 0.354 e. The summed E-state index contributed by atoms with van der Waals surface area (Å²) in [5.41, 5.74) is 2.68. The predicted molar refractivity (Wildman–Crippen MR) is 108 cm³/mol. The first-order valence-electron chi connectivity index (χ1n) is 10.0. The Morgan fingerprint density at radius 3 is 2.67 bits per heavy atom. The van der Waals surface area contributed by atoms with Crippen LogP contribution in [0, 0.1) is 0 Å². The Bertz CT molecular complexity index is 771. The fourth-order valence-corrected chi connectivity index (χ4v) is 4.24. The van der Waals surface area contributed by atoms with E-state index < -0.39 is 0 Å². The highest BCUT2D eigenvalue weighted by molar-refractivity contribution is 5.82. The molecule has 2 aromatic rings. The van der Waals surface area contributed by atoms with Crippen molar-refractivity contribution in [3.05, 3.63) is 59.8 Å². The van der Waals surface area contributed by atoms with Gasteiger partial charge in [0.15, 0.2) is 0 Å². The van der Waals surface area contributed by atoms with Crippen molar-refractivity contribution in [1.82, 2.24) is 15.2 Å². The molecule has 5 nitrogen and oxygen atoms in total. The standard InChI is InChI=1S/C22H28N4O/c1-17(25-13-15-26(16-14-25)21-11-4-5-12-23-21)22(27)24-20-10-6-8-18-7-2-3-9-19(18)20/h2-5,7,9,11-12,17,20H,6,8,10,13-16H2,1H3,(H,24,27)/t17-,20+/m1/s1. The minimum absolute atomic E-state index is 0.107. The molecule has 0 saturated carbocycles. The number of rotatable bonds is 4. The average Bonchev–Trinajstić information content (AvgIpc) is 2.74. The van der Waals surface area contributed by atoms with Crippen LogP contribution in [-0.4, -0.2) is 48.0 Å². The van der Waals surface area contributed by atoms with Gasteiger partial charge in [-0.05, 0) is 49.4 Å². The maximum atomic E-state index is 12.9. The molecular weight excluding hydrogens is 336 g/mol. The van der Waals surface area contributed by atoms with Gasteiger partial charge in [-0.2, -0.15) is 0 Å². The van der Waals surface area contributed by atoms with Gasteiger partial charge in [0.05, 0.1) is 12.1 Å². The summed E-state index contributed by atoms with van der Waals surface area (Å²) in [5, 5.41) is 3.31. The topological polar surface area (TPSA) is 48.5 Å². The number of hydrogen-bond acceptors (Lipinski definition) is 4. The van der Waals surface area contributed by atoms with Crippen molar-refractivity contribution in [2.45, 2.75) is 38.3 Å². The third-order valence-corrected chi connectivity index (χ3v) is 5.90. The van der Waals surface area contributed by atoms with Crippen molar-refractivity contribution in [3.8, 4) is 0 Å². The molecule has 1 aliphatic carbocycles. The van der Waals surface area contributed by atoms with Crippen LogP contribution >= 0.6 is 0 Å². The molecule has 2 aliphatic rings. The van der Waals surface area contributed by atoms with Crippen molar-refractivity contribution in [2.75, 3.05) is 31.1 Å². The summed E-state index contributed by atoms with van der Waals surface area (Å²) in [4.78, 5) is 21.9. The zero-order valence-electron chi connectivity index (χ0n) is 16.0. The van der Waals surface area contributed by atoms with E-state index in [1.54, 1.807) is 0 Å². The van der Waals surface area contributed by atoms with E-state index in [-0.39, 0.29) is 18.0 Å². The number of carbonyl (C=O) groups excluding carboxylic acids is 1. The van der Waals surface area contributed by atoms with Crippen molar-refractivity contribution in [2.24, 2.45) is 0 Å². The van der Waals surface area contributed by atoms with Gasteiger partial charge in [-0.15, -0.1) is 0 Å². The summed E-state index contributed by atoms with van der Waals surface area (Å²) in [5.74, 6) is 1.16. The molecule has 2 atom stereocenters. The molecular formula is C22H28N4O. The highest BCUT2D eigenvalue weighted by atomic mass is 16.2. The highest BCUT2D eigenvalue weighted by Gasteiger charge is 2.28. The lowest BCUT2D eigenvalue weighted by atomic mass is 9.87. The zero-order chi connectivity index (χ0) is 18.6. The number of benzene rings is 1. The van der Waals surface area contributed by atoms with Crippen LogP contribution in [0.4, 0.5) is 5.82 Å². The van der Waals surface area contributed by atoms with E-state index in [0.717, 1.165) is 51.3 Å². The van der Waals surface area contributed by atoms with Gasteiger partial charge < -0.3 is 10.2 Å². The van der Waals surface area contributed by atoms with Crippen molar-refractivity contribution in [3.63, 3.8) is 0 Å². The molecule has 0 spiro atoms. The minimum atomic E-state index is -0.107. The van der Waals surface area contributed by atoms with Crippen LogP contribution in [0.15, 0.2) is 48.7 Å². The Hall–Kier alpha value is -2.40.